The van der Waals surface area contributed by atoms with Crippen LogP contribution in [0.25, 0.3) is 11.3 Å². The summed E-state index contributed by atoms with van der Waals surface area (Å²) in [6.45, 7) is 4.01. The van der Waals surface area contributed by atoms with Crippen molar-refractivity contribution in [1.82, 2.24) is 9.97 Å². The lowest BCUT2D eigenvalue weighted by molar-refractivity contribution is 1.23. The molecule has 0 aliphatic rings. The summed E-state index contributed by atoms with van der Waals surface area (Å²) in [7, 11) is 0. The maximum atomic E-state index is 8.96. The summed E-state index contributed by atoms with van der Waals surface area (Å²) in [6, 6.07) is 17.5. The second-order valence-corrected chi connectivity index (χ2v) is 5.85. The Balaban J connectivity index is 0.000000203. The molecule has 0 N–H and O–H groups in total. The number of rotatable bonds is 1. The third-order valence-corrected chi connectivity index (χ3v) is 3.58. The van der Waals surface area contributed by atoms with E-state index < -0.39 is 0 Å². The molecule has 23 heavy (non-hydrogen) atoms. The Labute approximate surface area is 144 Å². The minimum absolute atomic E-state index is 0.661. The highest BCUT2D eigenvalue weighted by Gasteiger charge is 2.03. The summed E-state index contributed by atoms with van der Waals surface area (Å²) in [5.74, 6) is 0. The third-order valence-electron chi connectivity index (χ3n) is 3.11. The molecule has 114 valence electrons. The van der Waals surface area contributed by atoms with Gasteiger partial charge in [-0.05, 0) is 59.1 Å². The molecule has 0 radical (unpaired) electrons. The number of benzene rings is 1. The maximum Gasteiger partial charge on any atom is 0.106 e. The number of nitriles is 1. The lowest BCUT2D eigenvalue weighted by Crippen LogP contribution is -1.87. The van der Waals surface area contributed by atoms with Gasteiger partial charge in [-0.2, -0.15) is 5.26 Å². The number of nitrogens with zero attached hydrogens (tertiary/aromatic N) is 3. The molecule has 3 nitrogen and oxygen atoms in total. The topological polar surface area (TPSA) is 49.6 Å². The number of pyridine rings is 2. The fraction of sp³-hybridized carbons (Fsp3) is 0.105. The Morgan fingerprint density at radius 3 is 2.04 bits per heavy atom. The van der Waals surface area contributed by atoms with Gasteiger partial charge in [0.25, 0.3) is 0 Å². The van der Waals surface area contributed by atoms with E-state index in [1.807, 2.05) is 68.7 Å². The first-order valence-corrected chi connectivity index (χ1v) is 7.90. The molecule has 0 spiro atoms. The van der Waals surface area contributed by atoms with Crippen molar-refractivity contribution < 1.29 is 0 Å². The van der Waals surface area contributed by atoms with Crippen LogP contribution in [0.2, 0.25) is 0 Å². The van der Waals surface area contributed by atoms with Crippen molar-refractivity contribution in [1.29, 1.82) is 5.26 Å². The van der Waals surface area contributed by atoms with Crippen LogP contribution in [0.5, 0.6) is 0 Å². The number of hydrogen-bond donors (Lipinski definition) is 0. The molecule has 0 unspecified atom stereocenters. The Bertz CT molecular complexity index is 782. The van der Waals surface area contributed by atoms with E-state index in [4.69, 9.17) is 5.26 Å². The lowest BCUT2D eigenvalue weighted by Gasteiger charge is -2.02. The van der Waals surface area contributed by atoms with E-state index in [0.717, 1.165) is 21.4 Å². The Morgan fingerprint density at radius 2 is 1.52 bits per heavy atom. The molecule has 0 aliphatic heterocycles. The molecule has 4 heteroatoms. The molecule has 0 amide bonds. The normalized spacial score (nSPS) is 9.48. The monoisotopic (exact) mass is 365 g/mol. The second kappa shape index (κ2) is 8.21. The van der Waals surface area contributed by atoms with Gasteiger partial charge in [-0.3, -0.25) is 4.98 Å². The lowest BCUT2D eigenvalue weighted by atomic mass is 10.0. The first kappa shape index (κ1) is 16.9. The fourth-order valence-corrected chi connectivity index (χ4v) is 2.12. The summed E-state index contributed by atoms with van der Waals surface area (Å²) in [5, 5.41) is 8.96. The molecule has 0 fully saturated rings. The SMILES string of the molecule is Cc1ccc(-c2ccccc2C#N)nc1.Cc1ccc(Br)nc1. The molecule has 0 saturated carbocycles. The molecule has 0 saturated heterocycles. The van der Waals surface area contributed by atoms with Crippen LogP contribution in [0, 0.1) is 25.2 Å². The molecule has 2 heterocycles. The molecule has 1 aromatic carbocycles. The van der Waals surface area contributed by atoms with Gasteiger partial charge in [0, 0.05) is 18.0 Å². The number of halogens is 1. The highest BCUT2D eigenvalue weighted by molar-refractivity contribution is 9.10. The van der Waals surface area contributed by atoms with E-state index >= 15 is 0 Å². The van der Waals surface area contributed by atoms with E-state index in [1.54, 1.807) is 6.07 Å². The molecule has 3 rings (SSSR count). The number of hydrogen-bond acceptors (Lipinski definition) is 3. The van der Waals surface area contributed by atoms with Gasteiger partial charge in [0.15, 0.2) is 0 Å². The Morgan fingerprint density at radius 1 is 0.870 bits per heavy atom. The largest absolute Gasteiger partial charge is 0.256 e. The van der Waals surface area contributed by atoms with Crippen LogP contribution in [0.1, 0.15) is 16.7 Å². The zero-order valence-electron chi connectivity index (χ0n) is 13.0. The van der Waals surface area contributed by atoms with E-state index in [2.05, 4.69) is 32.0 Å². The summed E-state index contributed by atoms with van der Waals surface area (Å²) >= 11 is 3.23. The van der Waals surface area contributed by atoms with Gasteiger partial charge in [-0.25, -0.2) is 4.98 Å². The van der Waals surface area contributed by atoms with E-state index in [-0.39, 0.29) is 0 Å². The molecule has 0 aliphatic carbocycles. The van der Waals surface area contributed by atoms with Gasteiger partial charge >= 0.3 is 0 Å². The zero-order valence-corrected chi connectivity index (χ0v) is 14.6. The van der Waals surface area contributed by atoms with Gasteiger partial charge < -0.3 is 0 Å². The highest BCUT2D eigenvalue weighted by atomic mass is 79.9. The van der Waals surface area contributed by atoms with E-state index in [9.17, 15) is 0 Å². The predicted octanol–water partition coefficient (Wildman–Crippen LogP) is 5.08. The molecular weight excluding hydrogens is 350 g/mol. The van der Waals surface area contributed by atoms with Crippen LogP contribution in [0.4, 0.5) is 0 Å². The minimum Gasteiger partial charge on any atom is -0.256 e. The van der Waals surface area contributed by atoms with E-state index in [1.165, 1.54) is 5.56 Å². The van der Waals surface area contributed by atoms with Gasteiger partial charge in [0.1, 0.15) is 4.60 Å². The van der Waals surface area contributed by atoms with Crippen LogP contribution in [0.15, 0.2) is 65.5 Å². The zero-order chi connectivity index (χ0) is 16.7. The van der Waals surface area contributed by atoms with Crippen LogP contribution >= 0.6 is 15.9 Å². The second-order valence-electron chi connectivity index (χ2n) is 5.04. The molecular formula is C19H16BrN3. The quantitative estimate of drug-likeness (QED) is 0.564. The first-order valence-electron chi connectivity index (χ1n) is 7.10. The van der Waals surface area contributed by atoms with Crippen molar-refractivity contribution in [3.63, 3.8) is 0 Å². The summed E-state index contributed by atoms with van der Waals surface area (Å²) in [5.41, 5.74) is 4.70. The van der Waals surface area contributed by atoms with Gasteiger partial charge in [-0.15, -0.1) is 0 Å². The minimum atomic E-state index is 0.661. The van der Waals surface area contributed by atoms with Crippen LogP contribution in [0.3, 0.4) is 0 Å². The van der Waals surface area contributed by atoms with Crippen molar-refractivity contribution >= 4 is 15.9 Å². The van der Waals surface area contributed by atoms with Crippen LogP contribution in [-0.4, -0.2) is 9.97 Å². The van der Waals surface area contributed by atoms with Crippen molar-refractivity contribution in [2.45, 2.75) is 13.8 Å². The summed E-state index contributed by atoms with van der Waals surface area (Å²) in [6.07, 6.45) is 3.63. The number of aryl methyl sites for hydroxylation is 2. The van der Waals surface area contributed by atoms with Gasteiger partial charge in [-0.1, -0.05) is 30.3 Å². The van der Waals surface area contributed by atoms with Crippen molar-refractivity contribution in [3.05, 3.63) is 82.2 Å². The predicted molar refractivity (Wildman–Crippen MR) is 95.8 cm³/mol. The van der Waals surface area contributed by atoms with Gasteiger partial charge in [0.2, 0.25) is 0 Å². The number of aromatic nitrogens is 2. The molecule has 2 aromatic heterocycles. The molecule has 3 aromatic rings. The van der Waals surface area contributed by atoms with Crippen molar-refractivity contribution in [2.24, 2.45) is 0 Å². The smallest absolute Gasteiger partial charge is 0.106 e. The third kappa shape index (κ3) is 5.01. The van der Waals surface area contributed by atoms with Crippen LogP contribution < -0.4 is 0 Å². The summed E-state index contributed by atoms with van der Waals surface area (Å²) in [4.78, 5) is 8.30. The summed E-state index contributed by atoms with van der Waals surface area (Å²) < 4.78 is 0.892. The average molecular weight is 366 g/mol. The average Bonchev–Trinajstić information content (AvgIpc) is 2.59. The van der Waals surface area contributed by atoms with Gasteiger partial charge in [0.05, 0.1) is 17.3 Å². The van der Waals surface area contributed by atoms with E-state index in [0.29, 0.717) is 5.56 Å². The highest BCUT2D eigenvalue weighted by Crippen LogP contribution is 2.20. The standard InChI is InChI=1S/C13H10N2.C6H6BrN/c1-10-6-7-13(15-9-10)12-5-3-2-4-11(12)8-14;1-5-2-3-6(7)8-4-5/h2-7,9H,1H3;2-4H,1H3. The first-order chi connectivity index (χ1) is 11.1. The van der Waals surface area contributed by atoms with Crippen molar-refractivity contribution in [3.8, 4) is 17.3 Å². The Hall–Kier alpha value is -2.51. The molecule has 0 bridgehead atoms. The molecule has 0 atom stereocenters. The maximum absolute atomic E-state index is 8.96. The van der Waals surface area contributed by atoms with Crippen LogP contribution in [-0.2, 0) is 0 Å². The van der Waals surface area contributed by atoms with Crippen molar-refractivity contribution in [2.75, 3.05) is 0 Å². The Kier molecular flexibility index (Phi) is 6.02. The fourth-order valence-electron chi connectivity index (χ4n) is 1.88.